The van der Waals surface area contributed by atoms with Crippen LogP contribution in [0.3, 0.4) is 0 Å². The minimum atomic E-state index is -0.317. The first-order chi connectivity index (χ1) is 11.4. The Morgan fingerprint density at radius 2 is 1.92 bits per heavy atom. The second-order valence-corrected chi connectivity index (χ2v) is 6.23. The molecule has 0 heterocycles. The average molecular weight is 389 g/mol. The van der Waals surface area contributed by atoms with Crippen LogP contribution in [0, 0.1) is 0 Å². The van der Waals surface area contributed by atoms with Crippen molar-refractivity contribution in [2.75, 3.05) is 13.2 Å². The number of hydrogen-bond donors (Lipinski definition) is 2. The molecule has 128 valence electrons. The van der Waals surface area contributed by atoms with Crippen molar-refractivity contribution in [1.29, 1.82) is 0 Å². The maximum absolute atomic E-state index is 12.2. The maximum Gasteiger partial charge on any atom is 0.251 e. The average Bonchev–Trinajstić information content (AvgIpc) is 2.53. The minimum absolute atomic E-state index is 0.0619. The first-order valence-corrected chi connectivity index (χ1v) is 8.43. The summed E-state index contributed by atoms with van der Waals surface area (Å²) in [6.07, 6.45) is 0.561. The number of aromatic hydroxyl groups is 1. The fourth-order valence-electron chi connectivity index (χ4n) is 2.11. The zero-order chi connectivity index (χ0) is 17.7. The molecule has 0 atom stereocenters. The molecule has 0 aliphatic rings. The van der Waals surface area contributed by atoms with Crippen LogP contribution in [-0.4, -0.2) is 24.2 Å². The predicted octanol–water partition coefficient (Wildman–Crippen LogP) is 4.72. The molecule has 0 fully saturated rings. The molecule has 0 bridgehead atoms. The third-order valence-electron chi connectivity index (χ3n) is 3.29. The molecule has 0 unspecified atom stereocenters. The lowest BCUT2D eigenvalue weighted by molar-refractivity contribution is 0.0953. The monoisotopic (exact) mass is 387 g/mol. The highest BCUT2D eigenvalue weighted by Gasteiger charge is 2.14. The van der Waals surface area contributed by atoms with Gasteiger partial charge >= 0.3 is 0 Å². The number of phenolic OH excluding ortho intramolecular Hbond substituents is 1. The third-order valence-corrected chi connectivity index (χ3v) is 4.16. The molecule has 0 radical (unpaired) electrons. The first kappa shape index (κ1) is 18.7. The molecule has 2 rings (SSSR count). The molecule has 2 aromatic rings. The van der Waals surface area contributed by atoms with Crippen LogP contribution in [-0.2, 0) is 6.42 Å². The van der Waals surface area contributed by atoms with Crippen molar-refractivity contribution in [3.8, 4) is 11.5 Å². The number of nitrogens with one attached hydrogen (secondary N) is 1. The summed E-state index contributed by atoms with van der Waals surface area (Å²) in [5.74, 6) is -0.318. The second kappa shape index (κ2) is 8.47. The Morgan fingerprint density at radius 3 is 2.58 bits per heavy atom. The van der Waals surface area contributed by atoms with Crippen LogP contribution in [0.15, 0.2) is 30.3 Å². The van der Waals surface area contributed by atoms with Gasteiger partial charge in [0.15, 0.2) is 11.5 Å². The van der Waals surface area contributed by atoms with E-state index in [1.54, 1.807) is 19.1 Å². The molecule has 24 heavy (non-hydrogen) atoms. The Labute approximate surface area is 155 Å². The molecule has 0 saturated carbocycles. The van der Waals surface area contributed by atoms with Crippen molar-refractivity contribution in [2.24, 2.45) is 0 Å². The number of amides is 1. The molecule has 7 heteroatoms. The summed E-state index contributed by atoms with van der Waals surface area (Å²) in [5.41, 5.74) is 1.20. The number of rotatable bonds is 6. The van der Waals surface area contributed by atoms with Crippen molar-refractivity contribution < 1.29 is 14.6 Å². The Bertz CT molecular complexity index is 750. The highest BCUT2D eigenvalue weighted by molar-refractivity contribution is 6.35. The molecular formula is C17H16Cl3NO3. The highest BCUT2D eigenvalue weighted by Crippen LogP contribution is 2.35. The normalized spacial score (nSPS) is 10.5. The highest BCUT2D eigenvalue weighted by atomic mass is 35.5. The summed E-state index contributed by atoms with van der Waals surface area (Å²) >= 11 is 17.9. The lowest BCUT2D eigenvalue weighted by Gasteiger charge is -2.11. The van der Waals surface area contributed by atoms with Gasteiger partial charge in [-0.1, -0.05) is 40.9 Å². The van der Waals surface area contributed by atoms with Gasteiger partial charge in [0, 0.05) is 22.2 Å². The third kappa shape index (κ3) is 4.69. The van der Waals surface area contributed by atoms with E-state index in [4.69, 9.17) is 39.5 Å². The van der Waals surface area contributed by atoms with E-state index in [9.17, 15) is 9.90 Å². The number of phenols is 1. The number of carbonyl (C=O) groups excluding carboxylic acids is 1. The lowest BCUT2D eigenvalue weighted by atomic mass is 10.1. The largest absolute Gasteiger partial charge is 0.503 e. The van der Waals surface area contributed by atoms with Crippen LogP contribution >= 0.6 is 34.8 Å². The van der Waals surface area contributed by atoms with Gasteiger partial charge in [0.05, 0.1) is 11.6 Å². The van der Waals surface area contributed by atoms with Gasteiger partial charge in [-0.05, 0) is 43.2 Å². The topological polar surface area (TPSA) is 58.6 Å². The lowest BCUT2D eigenvalue weighted by Crippen LogP contribution is -2.25. The van der Waals surface area contributed by atoms with Crippen molar-refractivity contribution >= 4 is 40.7 Å². The summed E-state index contributed by atoms with van der Waals surface area (Å²) in [6.45, 7) is 2.52. The molecule has 4 nitrogen and oxygen atoms in total. The molecular weight excluding hydrogens is 373 g/mol. The van der Waals surface area contributed by atoms with Gasteiger partial charge in [0.2, 0.25) is 0 Å². The summed E-state index contributed by atoms with van der Waals surface area (Å²) in [4.78, 5) is 12.2. The Balaban J connectivity index is 2.02. The minimum Gasteiger partial charge on any atom is -0.503 e. The SMILES string of the molecule is CCOc1cc(C(=O)NCCc2ccc(Cl)cc2Cl)cc(Cl)c1O. The van der Waals surface area contributed by atoms with Crippen molar-refractivity contribution in [3.05, 3.63) is 56.5 Å². The van der Waals surface area contributed by atoms with Gasteiger partial charge in [-0.25, -0.2) is 0 Å². The fraction of sp³-hybridized carbons (Fsp3) is 0.235. The van der Waals surface area contributed by atoms with E-state index in [2.05, 4.69) is 5.32 Å². The predicted molar refractivity (Wildman–Crippen MR) is 96.8 cm³/mol. The van der Waals surface area contributed by atoms with E-state index in [-0.39, 0.29) is 22.4 Å². The number of ether oxygens (including phenoxy) is 1. The van der Waals surface area contributed by atoms with Crippen LogP contribution < -0.4 is 10.1 Å². The summed E-state index contributed by atoms with van der Waals surface area (Å²) in [5, 5.41) is 13.8. The van der Waals surface area contributed by atoms with E-state index in [1.165, 1.54) is 12.1 Å². The molecule has 2 aromatic carbocycles. The number of carbonyl (C=O) groups is 1. The smallest absolute Gasteiger partial charge is 0.251 e. The van der Waals surface area contributed by atoms with Gasteiger partial charge in [0.25, 0.3) is 5.91 Å². The van der Waals surface area contributed by atoms with Crippen molar-refractivity contribution in [1.82, 2.24) is 5.32 Å². The summed E-state index contributed by atoms with van der Waals surface area (Å²) in [6, 6.07) is 8.08. The van der Waals surface area contributed by atoms with Gasteiger partial charge in [-0.3, -0.25) is 4.79 Å². The van der Waals surface area contributed by atoms with Crippen molar-refractivity contribution in [3.63, 3.8) is 0 Å². The quantitative estimate of drug-likeness (QED) is 0.752. The van der Waals surface area contributed by atoms with Gasteiger partial charge in [-0.15, -0.1) is 0 Å². The van der Waals surface area contributed by atoms with Crippen molar-refractivity contribution in [2.45, 2.75) is 13.3 Å². The zero-order valence-electron chi connectivity index (χ0n) is 12.9. The molecule has 2 N–H and O–H groups in total. The van der Waals surface area contributed by atoms with Crippen LogP contribution in [0.4, 0.5) is 0 Å². The first-order valence-electron chi connectivity index (χ1n) is 7.29. The Morgan fingerprint density at radius 1 is 1.17 bits per heavy atom. The maximum atomic E-state index is 12.2. The summed E-state index contributed by atoms with van der Waals surface area (Å²) in [7, 11) is 0. The zero-order valence-corrected chi connectivity index (χ0v) is 15.2. The molecule has 1 amide bonds. The number of benzene rings is 2. The van der Waals surface area contributed by atoms with Crippen LogP contribution in [0.25, 0.3) is 0 Å². The second-order valence-electron chi connectivity index (χ2n) is 4.98. The molecule has 0 saturated heterocycles. The van der Waals surface area contributed by atoms with Crippen LogP contribution in [0.1, 0.15) is 22.8 Å². The van der Waals surface area contributed by atoms with E-state index in [0.717, 1.165) is 5.56 Å². The fourth-order valence-corrected chi connectivity index (χ4v) is 2.82. The van der Waals surface area contributed by atoms with Gasteiger partial charge < -0.3 is 15.2 Å². The standard InChI is InChI=1S/C17H16Cl3NO3/c1-2-24-15-8-11(7-14(20)16(15)22)17(23)21-6-5-10-3-4-12(18)9-13(10)19/h3-4,7-9,22H,2,5-6H2,1H3,(H,21,23). The molecule has 0 aliphatic carbocycles. The van der Waals surface area contributed by atoms with Gasteiger partial charge in [0.1, 0.15) is 0 Å². The molecule has 0 spiro atoms. The molecule has 0 aromatic heterocycles. The Kier molecular flexibility index (Phi) is 6.60. The van der Waals surface area contributed by atoms with E-state index in [0.29, 0.717) is 35.2 Å². The van der Waals surface area contributed by atoms with E-state index < -0.39 is 0 Å². The van der Waals surface area contributed by atoms with Crippen LogP contribution in [0.5, 0.6) is 11.5 Å². The van der Waals surface area contributed by atoms with Gasteiger partial charge in [-0.2, -0.15) is 0 Å². The number of hydrogen-bond acceptors (Lipinski definition) is 3. The van der Waals surface area contributed by atoms with E-state index >= 15 is 0 Å². The molecule has 0 aliphatic heterocycles. The number of halogens is 3. The summed E-state index contributed by atoms with van der Waals surface area (Å²) < 4.78 is 5.26. The Hall–Kier alpha value is -1.62. The van der Waals surface area contributed by atoms with E-state index in [1.807, 2.05) is 6.07 Å². The van der Waals surface area contributed by atoms with Crippen LogP contribution in [0.2, 0.25) is 15.1 Å².